The number of amides is 1. The summed E-state index contributed by atoms with van der Waals surface area (Å²) in [6.07, 6.45) is 0.954. The molecule has 5 rings (SSSR count). The van der Waals surface area contributed by atoms with Gasteiger partial charge in [0.1, 0.15) is 0 Å². The van der Waals surface area contributed by atoms with Gasteiger partial charge < -0.3 is 11.1 Å². The van der Waals surface area contributed by atoms with Crippen molar-refractivity contribution in [2.45, 2.75) is 6.42 Å². The average molecular weight is 376 g/mol. The van der Waals surface area contributed by atoms with Crippen LogP contribution in [0, 0.1) is 0 Å². The Morgan fingerprint density at radius 2 is 1.48 bits per heavy atom. The highest BCUT2D eigenvalue weighted by Crippen LogP contribution is 2.41. The fourth-order valence-electron chi connectivity index (χ4n) is 4.04. The van der Waals surface area contributed by atoms with E-state index in [-0.39, 0.29) is 5.91 Å². The number of benzene rings is 4. The normalized spacial score (nSPS) is 11.6. The van der Waals surface area contributed by atoms with Crippen molar-refractivity contribution in [2.24, 2.45) is 0 Å². The molecule has 0 aromatic heterocycles. The third-order valence-electron chi connectivity index (χ3n) is 5.45. The molecule has 0 aliphatic heterocycles. The first kappa shape index (κ1) is 17.3. The van der Waals surface area contributed by atoms with Crippen molar-refractivity contribution in [3.8, 4) is 22.3 Å². The summed E-state index contributed by atoms with van der Waals surface area (Å²) in [4.78, 5) is 12.4. The van der Waals surface area contributed by atoms with Gasteiger partial charge in [0.05, 0.1) is 0 Å². The Morgan fingerprint density at radius 3 is 2.31 bits per heavy atom. The Morgan fingerprint density at radius 1 is 0.759 bits per heavy atom. The Bertz CT molecular complexity index is 1230. The molecule has 140 valence electrons. The maximum absolute atomic E-state index is 12.4. The molecule has 3 heteroatoms. The Balaban J connectivity index is 1.41. The zero-order valence-corrected chi connectivity index (χ0v) is 15.9. The number of nitrogens with one attached hydrogen (secondary N) is 1. The van der Waals surface area contributed by atoms with Gasteiger partial charge in [0.15, 0.2) is 0 Å². The van der Waals surface area contributed by atoms with Crippen LogP contribution in [0.15, 0.2) is 91.0 Å². The summed E-state index contributed by atoms with van der Waals surface area (Å²) >= 11 is 0. The molecule has 0 saturated heterocycles. The Kier molecular flexibility index (Phi) is 4.14. The van der Waals surface area contributed by atoms with E-state index in [1.807, 2.05) is 12.1 Å². The van der Waals surface area contributed by atoms with E-state index in [9.17, 15) is 4.79 Å². The first-order chi connectivity index (χ1) is 14.2. The van der Waals surface area contributed by atoms with Crippen LogP contribution in [0.2, 0.25) is 0 Å². The molecule has 1 amide bonds. The van der Waals surface area contributed by atoms with E-state index in [4.69, 9.17) is 5.73 Å². The highest BCUT2D eigenvalue weighted by atomic mass is 16.1. The van der Waals surface area contributed by atoms with Crippen LogP contribution < -0.4 is 11.1 Å². The summed E-state index contributed by atoms with van der Waals surface area (Å²) < 4.78 is 0. The Hall–Kier alpha value is -3.85. The molecule has 1 aliphatic carbocycles. The minimum absolute atomic E-state index is 0.166. The molecule has 29 heavy (non-hydrogen) atoms. The molecule has 0 fully saturated rings. The number of nitrogens with two attached hydrogens (primary N) is 1. The van der Waals surface area contributed by atoms with E-state index < -0.39 is 0 Å². The number of nitrogen functional groups attached to an aromatic ring is 1. The summed E-state index contributed by atoms with van der Waals surface area (Å²) in [5.74, 6) is -0.166. The molecule has 0 spiro atoms. The zero-order valence-electron chi connectivity index (χ0n) is 15.9. The second-order valence-electron chi connectivity index (χ2n) is 7.32. The van der Waals surface area contributed by atoms with Crippen LogP contribution in [0.5, 0.6) is 0 Å². The molecular formula is C26H20N2O. The highest BCUT2D eigenvalue weighted by molar-refractivity contribution is 6.04. The van der Waals surface area contributed by atoms with E-state index in [1.165, 1.54) is 27.8 Å². The third kappa shape index (κ3) is 3.17. The lowest BCUT2D eigenvalue weighted by atomic mass is 9.95. The van der Waals surface area contributed by atoms with Gasteiger partial charge in [-0.3, -0.25) is 4.79 Å². The highest BCUT2D eigenvalue weighted by Gasteiger charge is 2.20. The van der Waals surface area contributed by atoms with Gasteiger partial charge in [0, 0.05) is 16.9 Å². The minimum atomic E-state index is -0.166. The predicted molar refractivity (Wildman–Crippen MR) is 119 cm³/mol. The van der Waals surface area contributed by atoms with Crippen LogP contribution >= 0.6 is 0 Å². The second-order valence-corrected chi connectivity index (χ2v) is 7.32. The summed E-state index contributed by atoms with van der Waals surface area (Å²) in [6.45, 7) is 0. The lowest BCUT2D eigenvalue weighted by Crippen LogP contribution is -2.12. The number of carbonyl (C=O) groups is 1. The van der Waals surface area contributed by atoms with E-state index in [0.29, 0.717) is 11.3 Å². The Labute approximate surface area is 169 Å². The molecule has 4 aromatic rings. The smallest absolute Gasteiger partial charge is 0.255 e. The molecule has 0 saturated carbocycles. The van der Waals surface area contributed by atoms with Gasteiger partial charge in [0.2, 0.25) is 0 Å². The van der Waals surface area contributed by atoms with E-state index in [2.05, 4.69) is 59.9 Å². The molecule has 0 unspecified atom stereocenters. The van der Waals surface area contributed by atoms with Gasteiger partial charge in [0.25, 0.3) is 5.91 Å². The molecule has 0 atom stereocenters. The van der Waals surface area contributed by atoms with Gasteiger partial charge in [-0.05, 0) is 70.1 Å². The van der Waals surface area contributed by atoms with Crippen molar-refractivity contribution in [3.05, 3.63) is 108 Å². The SMILES string of the molecule is Nc1cccc(C(=O)Nc2ccc(-c3cccc4c3Cc3ccccc3-4)cc2)c1. The summed E-state index contributed by atoms with van der Waals surface area (Å²) in [5.41, 5.74) is 15.4. The monoisotopic (exact) mass is 376 g/mol. The first-order valence-electron chi connectivity index (χ1n) is 9.66. The average Bonchev–Trinajstić information content (AvgIpc) is 3.13. The minimum Gasteiger partial charge on any atom is -0.399 e. The van der Waals surface area contributed by atoms with Crippen LogP contribution in [0.25, 0.3) is 22.3 Å². The third-order valence-corrected chi connectivity index (χ3v) is 5.45. The topological polar surface area (TPSA) is 55.1 Å². The molecule has 0 heterocycles. The van der Waals surface area contributed by atoms with Crippen molar-refractivity contribution >= 4 is 17.3 Å². The van der Waals surface area contributed by atoms with E-state index in [0.717, 1.165) is 17.7 Å². The fourth-order valence-corrected chi connectivity index (χ4v) is 4.04. The van der Waals surface area contributed by atoms with Gasteiger partial charge in [-0.15, -0.1) is 0 Å². The number of rotatable bonds is 3. The number of hydrogen-bond acceptors (Lipinski definition) is 2. The van der Waals surface area contributed by atoms with Crippen molar-refractivity contribution in [3.63, 3.8) is 0 Å². The maximum Gasteiger partial charge on any atom is 0.255 e. The van der Waals surface area contributed by atoms with Crippen molar-refractivity contribution in [1.29, 1.82) is 0 Å². The number of fused-ring (bicyclic) bond motifs is 3. The van der Waals surface area contributed by atoms with E-state index in [1.54, 1.807) is 24.3 Å². The van der Waals surface area contributed by atoms with Crippen LogP contribution in [0.3, 0.4) is 0 Å². The van der Waals surface area contributed by atoms with Crippen LogP contribution in [-0.2, 0) is 6.42 Å². The quantitative estimate of drug-likeness (QED) is 0.393. The molecule has 0 bridgehead atoms. The number of carbonyl (C=O) groups excluding carboxylic acids is 1. The van der Waals surface area contributed by atoms with Gasteiger partial charge in [-0.1, -0.05) is 60.7 Å². The lowest BCUT2D eigenvalue weighted by Gasteiger charge is -2.11. The zero-order chi connectivity index (χ0) is 19.8. The summed E-state index contributed by atoms with van der Waals surface area (Å²) in [5, 5.41) is 2.94. The molecule has 4 aromatic carbocycles. The lowest BCUT2D eigenvalue weighted by molar-refractivity contribution is 0.102. The van der Waals surface area contributed by atoms with E-state index >= 15 is 0 Å². The van der Waals surface area contributed by atoms with Crippen molar-refractivity contribution < 1.29 is 4.79 Å². The maximum atomic E-state index is 12.4. The van der Waals surface area contributed by atoms with Crippen LogP contribution in [0.4, 0.5) is 11.4 Å². The van der Waals surface area contributed by atoms with Gasteiger partial charge in [-0.2, -0.15) is 0 Å². The first-order valence-corrected chi connectivity index (χ1v) is 9.66. The second kappa shape index (κ2) is 6.95. The molecular weight excluding hydrogens is 356 g/mol. The molecule has 1 aliphatic rings. The summed E-state index contributed by atoms with van der Waals surface area (Å²) in [6, 6.07) is 30.1. The summed E-state index contributed by atoms with van der Waals surface area (Å²) in [7, 11) is 0. The van der Waals surface area contributed by atoms with Gasteiger partial charge >= 0.3 is 0 Å². The predicted octanol–water partition coefficient (Wildman–Crippen LogP) is 5.76. The van der Waals surface area contributed by atoms with Crippen molar-refractivity contribution in [2.75, 3.05) is 11.1 Å². The molecule has 0 radical (unpaired) electrons. The van der Waals surface area contributed by atoms with Crippen LogP contribution in [0.1, 0.15) is 21.5 Å². The van der Waals surface area contributed by atoms with Crippen LogP contribution in [-0.4, -0.2) is 5.91 Å². The molecule has 3 N–H and O–H groups in total. The van der Waals surface area contributed by atoms with Gasteiger partial charge in [-0.25, -0.2) is 0 Å². The standard InChI is InChI=1S/C26H20N2O/c27-20-7-3-6-19(15-20)26(29)28-21-13-11-17(12-14-21)22-9-4-10-24-23-8-2-1-5-18(23)16-25(22)24/h1-15H,16,27H2,(H,28,29). The molecule has 3 nitrogen and oxygen atoms in total. The van der Waals surface area contributed by atoms with Crippen molar-refractivity contribution in [1.82, 2.24) is 0 Å². The number of hydrogen-bond donors (Lipinski definition) is 2. The largest absolute Gasteiger partial charge is 0.399 e. The fraction of sp³-hybridized carbons (Fsp3) is 0.0385. The number of anilines is 2.